The van der Waals surface area contributed by atoms with Gasteiger partial charge in [-0.1, -0.05) is 22.8 Å². The van der Waals surface area contributed by atoms with Crippen molar-refractivity contribution in [2.24, 2.45) is 15.1 Å². The Balaban J connectivity index is 1.55. The van der Waals surface area contributed by atoms with Gasteiger partial charge in [0.25, 0.3) is 11.8 Å². The number of quaternary nitrogens is 1. The maximum atomic E-state index is 4.81. The van der Waals surface area contributed by atoms with Crippen LogP contribution in [0.25, 0.3) is 10.9 Å². The predicted octanol–water partition coefficient (Wildman–Crippen LogP) is 3.22. The number of aromatic nitrogens is 2. The summed E-state index contributed by atoms with van der Waals surface area (Å²) in [5.74, 6) is 1.29. The summed E-state index contributed by atoms with van der Waals surface area (Å²) in [5.41, 5.74) is 2.86. The third-order valence-electron chi connectivity index (χ3n) is 4.23. The van der Waals surface area contributed by atoms with Crippen LogP contribution in [-0.4, -0.2) is 28.2 Å². The molecule has 2 aliphatic heterocycles. The Morgan fingerprint density at radius 1 is 1.04 bits per heavy atom. The maximum absolute atomic E-state index is 4.81. The summed E-state index contributed by atoms with van der Waals surface area (Å²) in [6.45, 7) is 0. The second-order valence-electron chi connectivity index (χ2n) is 5.79. The molecule has 0 radical (unpaired) electrons. The number of guanidine groups is 1. The van der Waals surface area contributed by atoms with Gasteiger partial charge in [-0.05, 0) is 23.3 Å². The molecule has 1 unspecified atom stereocenters. The van der Waals surface area contributed by atoms with E-state index in [0.717, 1.165) is 28.1 Å². The third-order valence-corrected chi connectivity index (χ3v) is 4.23. The van der Waals surface area contributed by atoms with E-state index in [1.807, 2.05) is 54.7 Å². The van der Waals surface area contributed by atoms with Gasteiger partial charge in [0.2, 0.25) is 0 Å². The first kappa shape index (κ1) is 13.8. The number of nitrogens with one attached hydrogen (secondary N) is 2. The second-order valence-corrected chi connectivity index (χ2v) is 5.79. The van der Waals surface area contributed by atoms with Gasteiger partial charge in [-0.2, -0.15) is 10.1 Å². The van der Waals surface area contributed by atoms with Gasteiger partial charge < -0.3 is 5.32 Å². The Hall–Kier alpha value is -3.58. The highest BCUT2D eigenvalue weighted by Gasteiger charge is 2.42. The summed E-state index contributed by atoms with van der Waals surface area (Å²) in [5, 5.41) is 16.2. The summed E-state index contributed by atoms with van der Waals surface area (Å²) in [6, 6.07) is 16.0. The Labute approximate surface area is 143 Å². The molecule has 2 N–H and O–H groups in total. The van der Waals surface area contributed by atoms with Gasteiger partial charge >= 0.3 is 0 Å². The van der Waals surface area contributed by atoms with Crippen molar-refractivity contribution in [1.29, 1.82) is 0 Å². The van der Waals surface area contributed by atoms with Gasteiger partial charge in [-0.25, -0.2) is 0 Å². The third kappa shape index (κ3) is 2.18. The first-order chi connectivity index (χ1) is 12.3. The van der Waals surface area contributed by atoms with Crippen molar-refractivity contribution in [3.8, 4) is 0 Å². The number of nitrogens with zero attached hydrogens (tertiary/aromatic N) is 5. The molecule has 0 aliphatic carbocycles. The molecule has 0 fully saturated rings. The lowest BCUT2D eigenvalue weighted by Crippen LogP contribution is -2.44. The number of amidine groups is 1. The Kier molecular flexibility index (Phi) is 2.88. The van der Waals surface area contributed by atoms with E-state index in [4.69, 9.17) is 5.10 Å². The number of aliphatic imine (C=N–C) groups is 2. The average Bonchev–Trinajstić information content (AvgIpc) is 3.26. The van der Waals surface area contributed by atoms with Crippen LogP contribution in [0.15, 0.2) is 82.2 Å². The number of rotatable bonds is 2. The van der Waals surface area contributed by atoms with E-state index in [2.05, 4.69) is 25.5 Å². The van der Waals surface area contributed by atoms with E-state index in [1.54, 1.807) is 18.6 Å². The quantitative estimate of drug-likeness (QED) is 0.709. The lowest BCUT2D eigenvalue weighted by molar-refractivity contribution is 0.592. The summed E-state index contributed by atoms with van der Waals surface area (Å²) in [6.07, 6.45) is 7.20. The minimum absolute atomic E-state index is 0.180. The van der Waals surface area contributed by atoms with Crippen LogP contribution >= 0.6 is 0 Å². The molecule has 7 nitrogen and oxygen atoms in total. The Morgan fingerprint density at radius 2 is 1.96 bits per heavy atom. The number of aromatic amines is 1. The highest BCUT2D eigenvalue weighted by atomic mass is 15.7. The van der Waals surface area contributed by atoms with E-state index in [-0.39, 0.29) is 4.59 Å². The van der Waals surface area contributed by atoms with Gasteiger partial charge in [0.1, 0.15) is 6.21 Å². The number of benzene rings is 2. The minimum Gasteiger partial charge on any atom is -0.320 e. The van der Waals surface area contributed by atoms with Gasteiger partial charge in [0.05, 0.1) is 17.9 Å². The SMILES string of the molecule is C1=C[N+]2(c3ccccc3)N=C(Nc3ccc4cn[nH]c4c3)N=C2C=N1. The van der Waals surface area contributed by atoms with Crippen molar-refractivity contribution in [2.75, 3.05) is 5.32 Å². The van der Waals surface area contributed by atoms with Gasteiger partial charge in [0.15, 0.2) is 11.9 Å². The molecule has 3 heterocycles. The number of hydrogen-bond acceptors (Lipinski definition) is 5. The van der Waals surface area contributed by atoms with E-state index < -0.39 is 0 Å². The van der Waals surface area contributed by atoms with Crippen LogP contribution in [0.2, 0.25) is 0 Å². The summed E-state index contributed by atoms with van der Waals surface area (Å²) in [7, 11) is 0. The first-order valence-electron chi connectivity index (χ1n) is 7.88. The van der Waals surface area contributed by atoms with E-state index in [0.29, 0.717) is 5.96 Å². The fraction of sp³-hybridized carbons (Fsp3) is 0. The molecule has 1 aromatic heterocycles. The monoisotopic (exact) mass is 328 g/mol. The Bertz CT molecular complexity index is 1080. The van der Waals surface area contributed by atoms with Crippen LogP contribution in [0.4, 0.5) is 11.4 Å². The van der Waals surface area contributed by atoms with E-state index in [9.17, 15) is 0 Å². The molecule has 1 atom stereocenters. The van der Waals surface area contributed by atoms with Crippen molar-refractivity contribution in [2.45, 2.75) is 0 Å². The molecular weight excluding hydrogens is 314 g/mol. The molecule has 7 heteroatoms. The van der Waals surface area contributed by atoms with Crippen LogP contribution in [-0.2, 0) is 0 Å². The summed E-state index contributed by atoms with van der Waals surface area (Å²) < 4.78 is 0.180. The zero-order valence-electron chi connectivity index (χ0n) is 13.2. The topological polar surface area (TPSA) is 77.8 Å². The number of fused-ring (bicyclic) bond motifs is 2. The normalized spacial score (nSPS) is 21.1. The number of H-pyrrole nitrogens is 1. The lowest BCUT2D eigenvalue weighted by atomic mass is 10.2. The van der Waals surface area contributed by atoms with Crippen LogP contribution in [0.1, 0.15) is 0 Å². The molecule has 0 bridgehead atoms. The molecule has 2 aromatic carbocycles. The number of anilines is 1. The van der Waals surface area contributed by atoms with E-state index >= 15 is 0 Å². The van der Waals surface area contributed by atoms with Crippen LogP contribution in [0.3, 0.4) is 0 Å². The van der Waals surface area contributed by atoms with Crippen LogP contribution < -0.4 is 9.91 Å². The second kappa shape index (κ2) is 5.22. The standard InChI is InChI=1S/C18H14N7/c1-2-4-15(5-3-1)25-9-8-19-12-17(25)22-18(24-25)21-14-7-6-13-11-20-23-16(13)10-14/h1-12H,(H,20,23)(H,21,24)/q+1. The molecule has 120 valence electrons. The molecule has 5 rings (SSSR count). The highest BCUT2D eigenvalue weighted by Crippen LogP contribution is 2.30. The van der Waals surface area contributed by atoms with Crippen molar-refractivity contribution >= 4 is 40.3 Å². The van der Waals surface area contributed by atoms with Gasteiger partial charge in [0, 0.05) is 23.2 Å². The molecule has 2 aliphatic rings. The van der Waals surface area contributed by atoms with Crippen molar-refractivity contribution in [1.82, 2.24) is 14.8 Å². The van der Waals surface area contributed by atoms with Gasteiger partial charge in [-0.15, -0.1) is 0 Å². The molecule has 0 saturated heterocycles. The summed E-state index contributed by atoms with van der Waals surface area (Å²) in [4.78, 5) is 8.82. The maximum Gasteiger partial charge on any atom is 0.287 e. The predicted molar refractivity (Wildman–Crippen MR) is 100 cm³/mol. The largest absolute Gasteiger partial charge is 0.320 e. The number of hydrogen-bond donors (Lipinski definition) is 2. The van der Waals surface area contributed by atoms with Crippen molar-refractivity contribution in [3.63, 3.8) is 0 Å². The summed E-state index contributed by atoms with van der Waals surface area (Å²) >= 11 is 0. The zero-order valence-corrected chi connectivity index (χ0v) is 13.2. The minimum atomic E-state index is 0.180. The first-order valence-corrected chi connectivity index (χ1v) is 7.88. The fourth-order valence-electron chi connectivity index (χ4n) is 3.01. The number of para-hydroxylation sites is 1. The molecule has 25 heavy (non-hydrogen) atoms. The van der Waals surface area contributed by atoms with Crippen LogP contribution in [0.5, 0.6) is 0 Å². The smallest absolute Gasteiger partial charge is 0.287 e. The molecular formula is C18H14N7+. The molecule has 3 aromatic rings. The van der Waals surface area contributed by atoms with E-state index in [1.165, 1.54) is 0 Å². The highest BCUT2D eigenvalue weighted by molar-refractivity contribution is 6.38. The van der Waals surface area contributed by atoms with Crippen molar-refractivity contribution < 1.29 is 0 Å². The molecule has 0 spiro atoms. The van der Waals surface area contributed by atoms with Crippen molar-refractivity contribution in [3.05, 3.63) is 67.1 Å². The zero-order chi connectivity index (χ0) is 16.7. The molecule has 0 saturated carbocycles. The van der Waals surface area contributed by atoms with Crippen LogP contribution in [0, 0.1) is 0 Å². The molecule has 0 amide bonds. The lowest BCUT2D eigenvalue weighted by Gasteiger charge is -2.23. The van der Waals surface area contributed by atoms with Gasteiger partial charge in [-0.3, -0.25) is 10.1 Å². The Morgan fingerprint density at radius 3 is 2.88 bits per heavy atom. The fourth-order valence-corrected chi connectivity index (χ4v) is 3.01. The average molecular weight is 328 g/mol.